The molecule has 0 aliphatic carbocycles. The van der Waals surface area contributed by atoms with Crippen LogP contribution < -0.4 is 10.5 Å². The maximum absolute atomic E-state index is 12.2. The van der Waals surface area contributed by atoms with Gasteiger partial charge in [-0.3, -0.25) is 9.78 Å². The van der Waals surface area contributed by atoms with Crippen molar-refractivity contribution in [2.75, 3.05) is 0 Å². The second-order valence-electron chi connectivity index (χ2n) is 4.30. The van der Waals surface area contributed by atoms with E-state index in [-0.39, 0.29) is 12.2 Å². The van der Waals surface area contributed by atoms with Crippen LogP contribution in [-0.2, 0) is 11.2 Å². The van der Waals surface area contributed by atoms with E-state index in [0.29, 0.717) is 22.2 Å². The van der Waals surface area contributed by atoms with Crippen molar-refractivity contribution < 1.29 is 22.7 Å². The molecule has 0 unspecified atom stereocenters. The molecular weight excluding hydrogens is 273 g/mol. The van der Waals surface area contributed by atoms with E-state index in [2.05, 4.69) is 9.72 Å². The first kappa shape index (κ1) is 14.1. The van der Waals surface area contributed by atoms with Gasteiger partial charge in [-0.05, 0) is 36.8 Å². The Morgan fingerprint density at radius 3 is 2.65 bits per heavy atom. The van der Waals surface area contributed by atoms with Crippen molar-refractivity contribution in [1.82, 2.24) is 4.98 Å². The maximum atomic E-state index is 12.2. The fourth-order valence-corrected chi connectivity index (χ4v) is 1.91. The highest BCUT2D eigenvalue weighted by molar-refractivity contribution is 5.84. The summed E-state index contributed by atoms with van der Waals surface area (Å²) in [6.45, 7) is 1.71. The smallest absolute Gasteiger partial charge is 0.406 e. The summed E-state index contributed by atoms with van der Waals surface area (Å²) in [4.78, 5) is 15.0. The number of carbonyl (C=O) groups is 1. The van der Waals surface area contributed by atoms with E-state index in [9.17, 15) is 18.0 Å². The van der Waals surface area contributed by atoms with Gasteiger partial charge < -0.3 is 10.5 Å². The number of hydrogen-bond acceptors (Lipinski definition) is 3. The number of carbonyl (C=O) groups excluding carboxylic acids is 1. The van der Waals surface area contributed by atoms with Gasteiger partial charge in [0.25, 0.3) is 0 Å². The SMILES string of the molecule is Cc1cc(CC(N)=O)nc2ccc(OC(F)(F)F)cc12. The summed E-state index contributed by atoms with van der Waals surface area (Å²) in [6.07, 6.45) is -4.75. The Morgan fingerprint density at radius 2 is 2.05 bits per heavy atom. The van der Waals surface area contributed by atoms with E-state index in [0.717, 1.165) is 0 Å². The number of aryl methyl sites for hydroxylation is 1. The zero-order valence-electron chi connectivity index (χ0n) is 10.5. The first-order valence-electron chi connectivity index (χ1n) is 5.69. The largest absolute Gasteiger partial charge is 0.573 e. The number of amides is 1. The van der Waals surface area contributed by atoms with E-state index < -0.39 is 12.3 Å². The van der Waals surface area contributed by atoms with Gasteiger partial charge in [0.05, 0.1) is 17.6 Å². The van der Waals surface area contributed by atoms with Crippen LogP contribution >= 0.6 is 0 Å². The maximum Gasteiger partial charge on any atom is 0.573 e. The summed E-state index contributed by atoms with van der Waals surface area (Å²) < 4.78 is 40.3. The van der Waals surface area contributed by atoms with Gasteiger partial charge in [-0.1, -0.05) is 0 Å². The van der Waals surface area contributed by atoms with Gasteiger partial charge in [0, 0.05) is 5.39 Å². The lowest BCUT2D eigenvalue weighted by Gasteiger charge is -2.11. The normalized spacial score (nSPS) is 11.6. The third-order valence-corrected chi connectivity index (χ3v) is 2.63. The summed E-state index contributed by atoms with van der Waals surface area (Å²) in [5.41, 5.74) is 6.74. The van der Waals surface area contributed by atoms with E-state index in [1.165, 1.54) is 18.2 Å². The quantitative estimate of drug-likeness (QED) is 0.941. The molecule has 1 amide bonds. The highest BCUT2D eigenvalue weighted by atomic mass is 19.4. The second-order valence-corrected chi connectivity index (χ2v) is 4.30. The lowest BCUT2D eigenvalue weighted by molar-refractivity contribution is -0.274. The minimum absolute atomic E-state index is 0.0163. The lowest BCUT2D eigenvalue weighted by Crippen LogP contribution is -2.17. The van der Waals surface area contributed by atoms with Gasteiger partial charge in [-0.2, -0.15) is 0 Å². The fraction of sp³-hybridized carbons (Fsp3) is 0.231. The van der Waals surface area contributed by atoms with Crippen molar-refractivity contribution in [3.63, 3.8) is 0 Å². The van der Waals surface area contributed by atoms with E-state index in [4.69, 9.17) is 5.73 Å². The van der Waals surface area contributed by atoms with Crippen LogP contribution in [0.5, 0.6) is 5.75 Å². The molecule has 0 aliphatic rings. The molecule has 1 aromatic heterocycles. The number of nitrogens with two attached hydrogens (primary N) is 1. The number of alkyl halides is 3. The molecule has 106 valence electrons. The van der Waals surface area contributed by atoms with Crippen molar-refractivity contribution in [1.29, 1.82) is 0 Å². The molecule has 0 saturated heterocycles. The van der Waals surface area contributed by atoms with Crippen LogP contribution in [0.25, 0.3) is 10.9 Å². The number of benzene rings is 1. The number of fused-ring (bicyclic) bond motifs is 1. The summed E-state index contributed by atoms with van der Waals surface area (Å²) in [7, 11) is 0. The highest BCUT2D eigenvalue weighted by Gasteiger charge is 2.31. The summed E-state index contributed by atoms with van der Waals surface area (Å²) in [5, 5.41) is 0.528. The zero-order chi connectivity index (χ0) is 14.9. The van der Waals surface area contributed by atoms with Crippen LogP contribution in [0, 0.1) is 6.92 Å². The van der Waals surface area contributed by atoms with Crippen molar-refractivity contribution in [3.05, 3.63) is 35.5 Å². The predicted octanol–water partition coefficient (Wildman–Crippen LogP) is 2.47. The molecular formula is C13H11F3N2O2. The Hall–Kier alpha value is -2.31. The minimum Gasteiger partial charge on any atom is -0.406 e. The molecule has 0 aliphatic heterocycles. The number of pyridine rings is 1. The number of aromatic nitrogens is 1. The van der Waals surface area contributed by atoms with Gasteiger partial charge in [-0.15, -0.1) is 13.2 Å². The van der Waals surface area contributed by atoms with Crippen LogP contribution in [0.15, 0.2) is 24.3 Å². The van der Waals surface area contributed by atoms with E-state index in [1.807, 2.05) is 0 Å². The number of halogens is 3. The molecule has 7 heteroatoms. The van der Waals surface area contributed by atoms with Crippen molar-refractivity contribution in [3.8, 4) is 5.75 Å². The average Bonchev–Trinajstić information content (AvgIpc) is 2.27. The highest BCUT2D eigenvalue weighted by Crippen LogP contribution is 2.27. The second kappa shape index (κ2) is 4.99. The Balaban J connectivity index is 2.44. The molecule has 1 aromatic carbocycles. The van der Waals surface area contributed by atoms with Crippen LogP contribution in [0.4, 0.5) is 13.2 Å². The van der Waals surface area contributed by atoms with Crippen LogP contribution in [0.3, 0.4) is 0 Å². The van der Waals surface area contributed by atoms with Crippen molar-refractivity contribution in [2.24, 2.45) is 5.73 Å². The third kappa shape index (κ3) is 3.37. The Kier molecular flexibility index (Phi) is 3.52. The molecule has 2 N–H and O–H groups in total. The molecule has 20 heavy (non-hydrogen) atoms. The number of primary amides is 1. The van der Waals surface area contributed by atoms with Crippen LogP contribution in [-0.4, -0.2) is 17.3 Å². The van der Waals surface area contributed by atoms with E-state index >= 15 is 0 Å². The molecule has 0 atom stereocenters. The third-order valence-electron chi connectivity index (χ3n) is 2.63. The predicted molar refractivity (Wildman–Crippen MR) is 66.1 cm³/mol. The van der Waals surface area contributed by atoms with Gasteiger partial charge >= 0.3 is 6.36 Å². The molecule has 0 radical (unpaired) electrons. The first-order chi connectivity index (χ1) is 9.24. The van der Waals surface area contributed by atoms with Crippen LogP contribution in [0.2, 0.25) is 0 Å². The van der Waals surface area contributed by atoms with Gasteiger partial charge in [0.2, 0.25) is 5.91 Å². The van der Waals surface area contributed by atoms with Crippen molar-refractivity contribution in [2.45, 2.75) is 19.7 Å². The van der Waals surface area contributed by atoms with Gasteiger partial charge in [0.1, 0.15) is 5.75 Å². The number of hydrogen-bond donors (Lipinski definition) is 1. The van der Waals surface area contributed by atoms with Gasteiger partial charge in [-0.25, -0.2) is 0 Å². The molecule has 4 nitrogen and oxygen atoms in total. The Bertz CT molecular complexity index is 668. The molecule has 0 saturated carbocycles. The topological polar surface area (TPSA) is 65.2 Å². The first-order valence-corrected chi connectivity index (χ1v) is 5.69. The molecule has 0 spiro atoms. The van der Waals surface area contributed by atoms with Gasteiger partial charge in [0.15, 0.2) is 0 Å². The number of nitrogens with zero attached hydrogens (tertiary/aromatic N) is 1. The summed E-state index contributed by atoms with van der Waals surface area (Å²) in [5.74, 6) is -0.828. The molecule has 2 aromatic rings. The number of rotatable bonds is 3. The van der Waals surface area contributed by atoms with E-state index in [1.54, 1.807) is 13.0 Å². The fourth-order valence-electron chi connectivity index (χ4n) is 1.91. The van der Waals surface area contributed by atoms with Crippen molar-refractivity contribution >= 4 is 16.8 Å². The van der Waals surface area contributed by atoms with Crippen LogP contribution in [0.1, 0.15) is 11.3 Å². The molecule has 0 fully saturated rings. The monoisotopic (exact) mass is 284 g/mol. The molecule has 2 rings (SSSR count). The minimum atomic E-state index is -4.74. The molecule has 0 bridgehead atoms. The average molecular weight is 284 g/mol. The summed E-state index contributed by atoms with van der Waals surface area (Å²) >= 11 is 0. The standard InChI is InChI=1S/C13H11F3N2O2/c1-7-4-8(5-12(17)19)18-11-3-2-9(6-10(7)11)20-13(14,15)16/h2-4,6H,5H2,1H3,(H2,17,19). The summed E-state index contributed by atoms with van der Waals surface area (Å²) in [6, 6.07) is 5.47. The lowest BCUT2D eigenvalue weighted by atomic mass is 10.1. The zero-order valence-corrected chi connectivity index (χ0v) is 10.5. The Morgan fingerprint density at radius 1 is 1.35 bits per heavy atom. The molecule has 1 heterocycles. The Labute approximate surface area is 112 Å². The number of ether oxygens (including phenoxy) is 1.